The first-order chi connectivity index (χ1) is 16.2. The van der Waals surface area contributed by atoms with E-state index in [9.17, 15) is 4.79 Å². The second kappa shape index (κ2) is 7.90. The molecule has 1 aliphatic rings. The van der Waals surface area contributed by atoms with Gasteiger partial charge in [0.2, 0.25) is 0 Å². The summed E-state index contributed by atoms with van der Waals surface area (Å²) in [5.41, 5.74) is 3.68. The number of carbonyl (C=O) groups excluding carboxylic acids is 1. The number of anilines is 1. The Kier molecular flexibility index (Phi) is 4.61. The van der Waals surface area contributed by atoms with Crippen LogP contribution in [0.4, 0.5) is 5.82 Å². The van der Waals surface area contributed by atoms with E-state index in [-0.39, 0.29) is 5.91 Å². The largest absolute Gasteiger partial charge is 0.309 e. The first-order valence-corrected chi connectivity index (χ1v) is 10.7. The lowest BCUT2D eigenvalue weighted by Gasteiger charge is -2.08. The first-order valence-electron chi connectivity index (χ1n) is 10.7. The van der Waals surface area contributed by atoms with Crippen LogP contribution in [0.25, 0.3) is 33.5 Å². The minimum atomic E-state index is -0.334. The van der Waals surface area contributed by atoms with Gasteiger partial charge in [-0.3, -0.25) is 14.8 Å². The van der Waals surface area contributed by atoms with Crippen molar-refractivity contribution in [1.82, 2.24) is 29.7 Å². The van der Waals surface area contributed by atoms with Gasteiger partial charge in [-0.1, -0.05) is 24.3 Å². The zero-order chi connectivity index (χ0) is 22.2. The predicted octanol–water partition coefficient (Wildman–Crippen LogP) is 4.54. The lowest BCUT2D eigenvalue weighted by atomic mass is 10.1. The Bertz CT molecular complexity index is 1490. The number of carbonyl (C=O) groups is 1. The third-order valence-corrected chi connectivity index (χ3v) is 5.65. The van der Waals surface area contributed by atoms with Crippen molar-refractivity contribution in [1.29, 1.82) is 0 Å². The number of benzene rings is 1. The molecule has 1 saturated carbocycles. The SMILES string of the molecule is O=C(Nc1cccc(-c2nncn2C2CC2)n1)c1cc(-c2cnc3ccccc3c2)ccn1. The van der Waals surface area contributed by atoms with E-state index < -0.39 is 0 Å². The average Bonchev–Trinajstić information content (AvgIpc) is 3.59. The normalized spacial score (nSPS) is 13.2. The molecule has 0 saturated heterocycles. The van der Waals surface area contributed by atoms with Gasteiger partial charge in [0, 0.05) is 29.4 Å². The average molecular weight is 433 g/mol. The summed E-state index contributed by atoms with van der Waals surface area (Å²) < 4.78 is 2.04. The van der Waals surface area contributed by atoms with Crippen LogP contribution in [0.15, 0.2) is 79.4 Å². The molecule has 1 N–H and O–H groups in total. The summed E-state index contributed by atoms with van der Waals surface area (Å²) >= 11 is 0. The summed E-state index contributed by atoms with van der Waals surface area (Å²) in [7, 11) is 0. The van der Waals surface area contributed by atoms with Crippen molar-refractivity contribution in [2.45, 2.75) is 18.9 Å². The van der Waals surface area contributed by atoms with Crippen molar-refractivity contribution in [3.8, 4) is 22.6 Å². The number of fused-ring (bicyclic) bond motifs is 1. The Morgan fingerprint density at radius 3 is 2.79 bits per heavy atom. The maximum atomic E-state index is 12.9. The second-order valence-electron chi connectivity index (χ2n) is 8.00. The van der Waals surface area contributed by atoms with E-state index in [0.717, 1.165) is 34.9 Å². The van der Waals surface area contributed by atoms with Crippen molar-refractivity contribution >= 4 is 22.6 Å². The number of para-hydroxylation sites is 1. The molecule has 0 unspecified atom stereocenters. The molecule has 0 atom stereocenters. The lowest BCUT2D eigenvalue weighted by molar-refractivity contribution is 0.102. The van der Waals surface area contributed by atoms with Crippen LogP contribution >= 0.6 is 0 Å². The van der Waals surface area contributed by atoms with E-state index in [1.807, 2.05) is 47.0 Å². The number of hydrogen-bond acceptors (Lipinski definition) is 6. The van der Waals surface area contributed by atoms with Gasteiger partial charge in [-0.2, -0.15) is 0 Å². The summed E-state index contributed by atoms with van der Waals surface area (Å²) in [5.74, 6) is 0.804. The predicted molar refractivity (Wildman–Crippen MR) is 124 cm³/mol. The summed E-state index contributed by atoms with van der Waals surface area (Å²) in [5, 5.41) is 12.1. The van der Waals surface area contributed by atoms with Gasteiger partial charge in [-0.25, -0.2) is 4.98 Å². The van der Waals surface area contributed by atoms with Crippen LogP contribution in [-0.4, -0.2) is 35.6 Å². The second-order valence-corrected chi connectivity index (χ2v) is 8.00. The zero-order valence-electron chi connectivity index (χ0n) is 17.6. The fourth-order valence-corrected chi connectivity index (χ4v) is 3.82. The summed E-state index contributed by atoms with van der Waals surface area (Å²) in [6.07, 6.45) is 7.41. The van der Waals surface area contributed by atoms with E-state index in [2.05, 4.69) is 36.5 Å². The Hall–Kier alpha value is -4.46. The van der Waals surface area contributed by atoms with Crippen molar-refractivity contribution in [3.63, 3.8) is 0 Å². The fraction of sp³-hybridized carbons (Fsp3) is 0.120. The van der Waals surface area contributed by atoms with Crippen LogP contribution in [0.3, 0.4) is 0 Å². The maximum Gasteiger partial charge on any atom is 0.275 e. The third kappa shape index (κ3) is 3.82. The molecule has 33 heavy (non-hydrogen) atoms. The smallest absolute Gasteiger partial charge is 0.275 e. The first kappa shape index (κ1) is 19.2. The Morgan fingerprint density at radius 1 is 0.970 bits per heavy atom. The van der Waals surface area contributed by atoms with Gasteiger partial charge in [0.25, 0.3) is 5.91 Å². The van der Waals surface area contributed by atoms with E-state index in [1.54, 1.807) is 30.9 Å². The fourth-order valence-electron chi connectivity index (χ4n) is 3.82. The minimum Gasteiger partial charge on any atom is -0.309 e. The van der Waals surface area contributed by atoms with Crippen LogP contribution in [-0.2, 0) is 0 Å². The zero-order valence-corrected chi connectivity index (χ0v) is 17.6. The van der Waals surface area contributed by atoms with Crippen molar-refractivity contribution < 1.29 is 4.79 Å². The molecule has 5 aromatic rings. The van der Waals surface area contributed by atoms with E-state index in [1.165, 1.54) is 0 Å². The molecular weight excluding hydrogens is 414 g/mol. The molecule has 1 aromatic carbocycles. The summed E-state index contributed by atoms with van der Waals surface area (Å²) in [6.45, 7) is 0. The molecule has 0 bridgehead atoms. The highest BCUT2D eigenvalue weighted by Gasteiger charge is 2.27. The van der Waals surface area contributed by atoms with Crippen LogP contribution in [0.1, 0.15) is 29.4 Å². The maximum absolute atomic E-state index is 12.9. The van der Waals surface area contributed by atoms with Crippen LogP contribution in [0.5, 0.6) is 0 Å². The summed E-state index contributed by atoms with van der Waals surface area (Å²) in [6, 6.07) is 19.5. The number of hydrogen-bond donors (Lipinski definition) is 1. The van der Waals surface area contributed by atoms with Gasteiger partial charge in [-0.15, -0.1) is 10.2 Å². The molecule has 1 aliphatic carbocycles. The number of nitrogens with one attached hydrogen (secondary N) is 1. The van der Waals surface area contributed by atoms with Crippen LogP contribution in [0.2, 0.25) is 0 Å². The number of aromatic nitrogens is 6. The van der Waals surface area contributed by atoms with Gasteiger partial charge in [0.05, 0.1) is 5.52 Å². The topological polar surface area (TPSA) is 98.5 Å². The van der Waals surface area contributed by atoms with Gasteiger partial charge >= 0.3 is 0 Å². The van der Waals surface area contributed by atoms with Crippen LogP contribution in [0, 0.1) is 0 Å². The lowest BCUT2D eigenvalue weighted by Crippen LogP contribution is -2.15. The van der Waals surface area contributed by atoms with Gasteiger partial charge in [-0.05, 0) is 54.8 Å². The molecule has 0 spiro atoms. The van der Waals surface area contributed by atoms with E-state index >= 15 is 0 Å². The van der Waals surface area contributed by atoms with Gasteiger partial charge < -0.3 is 9.88 Å². The minimum absolute atomic E-state index is 0.300. The number of amides is 1. The Balaban J connectivity index is 1.25. The van der Waals surface area contributed by atoms with Crippen molar-refractivity contribution in [3.05, 3.63) is 85.1 Å². The molecule has 1 fully saturated rings. The molecule has 6 rings (SSSR count). The quantitative estimate of drug-likeness (QED) is 0.437. The van der Waals surface area contributed by atoms with E-state index in [0.29, 0.717) is 29.1 Å². The Morgan fingerprint density at radius 2 is 1.88 bits per heavy atom. The van der Waals surface area contributed by atoms with E-state index in [4.69, 9.17) is 0 Å². The number of rotatable bonds is 5. The van der Waals surface area contributed by atoms with Crippen molar-refractivity contribution in [2.24, 2.45) is 0 Å². The highest BCUT2D eigenvalue weighted by atomic mass is 16.1. The molecule has 4 aromatic heterocycles. The van der Waals surface area contributed by atoms with Gasteiger partial charge in [0.15, 0.2) is 5.82 Å². The molecule has 4 heterocycles. The number of nitrogens with zero attached hydrogens (tertiary/aromatic N) is 6. The van der Waals surface area contributed by atoms with Gasteiger partial charge in [0.1, 0.15) is 23.5 Å². The van der Waals surface area contributed by atoms with Crippen molar-refractivity contribution in [2.75, 3.05) is 5.32 Å². The molecule has 8 nitrogen and oxygen atoms in total. The molecule has 1 amide bonds. The molecule has 0 aliphatic heterocycles. The molecule has 0 radical (unpaired) electrons. The Labute approximate surface area is 189 Å². The summed E-state index contributed by atoms with van der Waals surface area (Å²) in [4.78, 5) is 26.3. The molecular formula is C25H19N7O. The monoisotopic (exact) mass is 433 g/mol. The van der Waals surface area contributed by atoms with Crippen LogP contribution < -0.4 is 5.32 Å². The molecule has 160 valence electrons. The highest BCUT2D eigenvalue weighted by molar-refractivity contribution is 6.03. The highest BCUT2D eigenvalue weighted by Crippen LogP contribution is 2.37. The molecule has 8 heteroatoms. The standard InChI is InChI=1S/C25H19N7O/c33-25(30-23-7-3-6-21(29-23)24-31-28-15-32(24)19-8-9-19)22-13-16(10-11-26-22)18-12-17-4-1-2-5-20(17)27-14-18/h1-7,10-15,19H,8-9H2,(H,29,30,33). The number of pyridine rings is 3. The third-order valence-electron chi connectivity index (χ3n) is 5.65.